The number of benzene rings is 1. The van der Waals surface area contributed by atoms with E-state index in [1.165, 1.54) is 6.26 Å². The smallest absolute Gasteiger partial charge is 0.417 e. The summed E-state index contributed by atoms with van der Waals surface area (Å²) in [5, 5.41) is 10.3. The summed E-state index contributed by atoms with van der Waals surface area (Å²) in [6.45, 7) is 3.32. The largest absolute Gasteiger partial charge is 0.467 e. The zero-order valence-corrected chi connectivity index (χ0v) is 13.5. The molecule has 0 spiro atoms. The van der Waals surface area contributed by atoms with Gasteiger partial charge in [0.05, 0.1) is 18.2 Å². The minimum atomic E-state index is -1.12. The molecule has 1 aromatic carbocycles. The lowest BCUT2D eigenvalue weighted by atomic mass is 9.98. The van der Waals surface area contributed by atoms with Crippen LogP contribution in [-0.4, -0.2) is 28.0 Å². The minimum Gasteiger partial charge on any atom is -0.467 e. The van der Waals surface area contributed by atoms with Gasteiger partial charge in [-0.05, 0) is 24.6 Å². The third-order valence-electron chi connectivity index (χ3n) is 4.33. The number of amides is 2. The van der Waals surface area contributed by atoms with E-state index in [2.05, 4.69) is 0 Å². The summed E-state index contributed by atoms with van der Waals surface area (Å²) in [5.74, 6) is -1.04. The van der Waals surface area contributed by atoms with E-state index in [1.54, 1.807) is 26.0 Å². The van der Waals surface area contributed by atoms with E-state index in [0.717, 1.165) is 10.5 Å². The molecule has 6 heteroatoms. The Labute approximate surface area is 139 Å². The molecule has 24 heavy (non-hydrogen) atoms. The first-order chi connectivity index (χ1) is 11.5. The van der Waals surface area contributed by atoms with Crippen molar-refractivity contribution in [3.05, 3.63) is 60.1 Å². The molecular weight excluding hydrogens is 310 g/mol. The summed E-state index contributed by atoms with van der Waals surface area (Å²) in [6.07, 6.45) is -0.910. The zero-order valence-electron chi connectivity index (χ0n) is 13.5. The molecule has 1 aliphatic heterocycles. The molecule has 0 unspecified atom stereocenters. The first kappa shape index (κ1) is 16.3. The van der Waals surface area contributed by atoms with Crippen molar-refractivity contribution < 1.29 is 23.8 Å². The Bertz CT molecular complexity index is 712. The Morgan fingerprint density at radius 3 is 2.54 bits per heavy atom. The SMILES string of the molecule is C[C@@H]1[C@H](c2ccccc2)OC(=O)N1C(=O)[C@H](C)[C@@H](O)c1ccco1. The zero-order chi connectivity index (χ0) is 17.3. The van der Waals surface area contributed by atoms with Gasteiger partial charge < -0.3 is 14.3 Å². The molecule has 1 fully saturated rings. The number of carbonyl (C=O) groups excluding carboxylic acids is 2. The number of aliphatic hydroxyl groups is 1. The van der Waals surface area contributed by atoms with Gasteiger partial charge in [0.15, 0.2) is 0 Å². The molecule has 1 N–H and O–H groups in total. The Balaban J connectivity index is 1.78. The van der Waals surface area contributed by atoms with E-state index >= 15 is 0 Å². The fourth-order valence-corrected chi connectivity index (χ4v) is 2.91. The highest BCUT2D eigenvalue weighted by molar-refractivity contribution is 5.95. The second kappa shape index (κ2) is 6.49. The summed E-state index contributed by atoms with van der Waals surface area (Å²) < 4.78 is 10.5. The maximum atomic E-state index is 12.7. The van der Waals surface area contributed by atoms with Crippen LogP contribution in [0.4, 0.5) is 4.79 Å². The van der Waals surface area contributed by atoms with Crippen LogP contribution in [0.15, 0.2) is 53.1 Å². The third kappa shape index (κ3) is 2.80. The van der Waals surface area contributed by atoms with Crippen molar-refractivity contribution in [3.8, 4) is 0 Å². The predicted molar refractivity (Wildman–Crippen MR) is 84.8 cm³/mol. The topological polar surface area (TPSA) is 80.0 Å². The Morgan fingerprint density at radius 2 is 1.92 bits per heavy atom. The molecule has 1 aliphatic rings. The average molecular weight is 329 g/mol. The summed E-state index contributed by atoms with van der Waals surface area (Å²) in [7, 11) is 0. The van der Waals surface area contributed by atoms with E-state index in [-0.39, 0.29) is 5.76 Å². The number of cyclic esters (lactones) is 1. The summed E-state index contributed by atoms with van der Waals surface area (Å²) in [5.41, 5.74) is 0.827. The first-order valence-electron chi connectivity index (χ1n) is 7.80. The number of nitrogens with zero attached hydrogens (tertiary/aromatic N) is 1. The molecular formula is C18H19NO5. The third-order valence-corrected chi connectivity index (χ3v) is 4.33. The van der Waals surface area contributed by atoms with Crippen LogP contribution in [-0.2, 0) is 9.53 Å². The molecule has 2 aromatic rings. The van der Waals surface area contributed by atoms with Gasteiger partial charge in [-0.1, -0.05) is 37.3 Å². The number of carbonyl (C=O) groups is 2. The normalized spacial score (nSPS) is 23.0. The number of hydrogen-bond acceptors (Lipinski definition) is 5. The molecule has 0 aliphatic carbocycles. The van der Waals surface area contributed by atoms with Gasteiger partial charge in [-0.15, -0.1) is 0 Å². The Hall–Kier alpha value is -2.60. The fourth-order valence-electron chi connectivity index (χ4n) is 2.91. The standard InChI is InChI=1S/C18H19NO5/c1-11(15(20)14-9-6-10-23-14)17(21)19-12(2)16(24-18(19)22)13-7-4-3-5-8-13/h3-12,15-16,20H,1-2H3/t11-,12-,15-,16-/m1/s1. The number of rotatable bonds is 4. The van der Waals surface area contributed by atoms with Crippen molar-refractivity contribution in [2.24, 2.45) is 5.92 Å². The molecule has 4 atom stereocenters. The summed E-state index contributed by atoms with van der Waals surface area (Å²) >= 11 is 0. The van der Waals surface area contributed by atoms with Gasteiger partial charge >= 0.3 is 6.09 Å². The van der Waals surface area contributed by atoms with Gasteiger partial charge in [0.1, 0.15) is 18.0 Å². The maximum absolute atomic E-state index is 12.7. The van der Waals surface area contributed by atoms with E-state index in [4.69, 9.17) is 9.15 Å². The lowest BCUT2D eigenvalue weighted by Gasteiger charge is -2.24. The van der Waals surface area contributed by atoms with Crippen molar-refractivity contribution in [2.75, 3.05) is 0 Å². The molecule has 2 amide bonds. The summed E-state index contributed by atoms with van der Waals surface area (Å²) in [4.78, 5) is 26.0. The molecule has 1 saturated heterocycles. The van der Waals surface area contributed by atoms with Crippen LogP contribution >= 0.6 is 0 Å². The Morgan fingerprint density at radius 1 is 1.21 bits per heavy atom. The summed E-state index contributed by atoms with van der Waals surface area (Å²) in [6, 6.07) is 12.0. The van der Waals surface area contributed by atoms with Crippen molar-refractivity contribution >= 4 is 12.0 Å². The van der Waals surface area contributed by atoms with Crippen LogP contribution in [0.3, 0.4) is 0 Å². The molecule has 1 aromatic heterocycles. The van der Waals surface area contributed by atoms with E-state index in [9.17, 15) is 14.7 Å². The van der Waals surface area contributed by atoms with E-state index < -0.39 is 36.2 Å². The molecule has 6 nitrogen and oxygen atoms in total. The minimum absolute atomic E-state index is 0.288. The number of furan rings is 1. The van der Waals surface area contributed by atoms with Gasteiger partial charge in [-0.3, -0.25) is 4.79 Å². The van der Waals surface area contributed by atoms with Gasteiger partial charge in [-0.25, -0.2) is 9.69 Å². The van der Waals surface area contributed by atoms with Crippen LogP contribution in [0.25, 0.3) is 0 Å². The molecule has 3 rings (SSSR count). The quantitative estimate of drug-likeness (QED) is 0.932. The maximum Gasteiger partial charge on any atom is 0.417 e. The highest BCUT2D eigenvalue weighted by Crippen LogP contribution is 2.34. The molecule has 126 valence electrons. The Kier molecular flexibility index (Phi) is 4.40. The van der Waals surface area contributed by atoms with Crippen LogP contribution < -0.4 is 0 Å². The van der Waals surface area contributed by atoms with Crippen LogP contribution in [0.1, 0.15) is 37.4 Å². The van der Waals surface area contributed by atoms with Gasteiger partial charge in [-0.2, -0.15) is 0 Å². The predicted octanol–water partition coefficient (Wildman–Crippen LogP) is 3.06. The molecule has 0 radical (unpaired) electrons. The van der Waals surface area contributed by atoms with Gasteiger partial charge in [0.2, 0.25) is 5.91 Å². The van der Waals surface area contributed by atoms with Crippen LogP contribution in [0.2, 0.25) is 0 Å². The van der Waals surface area contributed by atoms with Gasteiger partial charge in [0, 0.05) is 0 Å². The van der Waals surface area contributed by atoms with Crippen molar-refractivity contribution in [2.45, 2.75) is 32.1 Å². The highest BCUT2D eigenvalue weighted by Gasteiger charge is 2.45. The number of hydrogen-bond donors (Lipinski definition) is 1. The van der Waals surface area contributed by atoms with Crippen molar-refractivity contribution in [1.82, 2.24) is 4.90 Å². The molecule has 0 saturated carbocycles. The fraction of sp³-hybridized carbons (Fsp3) is 0.333. The lowest BCUT2D eigenvalue weighted by Crippen LogP contribution is -2.42. The van der Waals surface area contributed by atoms with Crippen molar-refractivity contribution in [3.63, 3.8) is 0 Å². The monoisotopic (exact) mass is 329 g/mol. The average Bonchev–Trinajstić information content (AvgIpc) is 3.22. The van der Waals surface area contributed by atoms with Gasteiger partial charge in [0.25, 0.3) is 0 Å². The van der Waals surface area contributed by atoms with E-state index in [0.29, 0.717) is 0 Å². The van der Waals surface area contributed by atoms with Crippen molar-refractivity contribution in [1.29, 1.82) is 0 Å². The molecule has 0 bridgehead atoms. The van der Waals surface area contributed by atoms with Crippen LogP contribution in [0.5, 0.6) is 0 Å². The number of aliphatic hydroxyl groups excluding tert-OH is 1. The number of imide groups is 1. The lowest BCUT2D eigenvalue weighted by molar-refractivity contribution is -0.136. The molecule has 2 heterocycles. The van der Waals surface area contributed by atoms with E-state index in [1.807, 2.05) is 30.3 Å². The highest BCUT2D eigenvalue weighted by atomic mass is 16.6. The second-order valence-corrected chi connectivity index (χ2v) is 5.91. The first-order valence-corrected chi connectivity index (χ1v) is 7.80. The number of ether oxygens (including phenoxy) is 1. The van der Waals surface area contributed by atoms with Crippen LogP contribution in [0, 0.1) is 5.92 Å². The second-order valence-electron chi connectivity index (χ2n) is 5.91.